The zero-order chi connectivity index (χ0) is 17.7. The molecular formula is C20H36O3. The molecule has 0 fully saturated rings. The Morgan fingerprint density at radius 2 is 1.87 bits per heavy atom. The van der Waals surface area contributed by atoms with Gasteiger partial charge in [-0.2, -0.15) is 0 Å². The van der Waals surface area contributed by atoms with Crippen LogP contribution in [-0.2, 0) is 9.53 Å². The van der Waals surface area contributed by atoms with Gasteiger partial charge in [0.15, 0.2) is 0 Å². The Labute approximate surface area is 142 Å². The summed E-state index contributed by atoms with van der Waals surface area (Å²) in [6, 6.07) is 0. The fraction of sp³-hybridized carbons (Fsp3) is 0.750. The van der Waals surface area contributed by atoms with Gasteiger partial charge in [0.1, 0.15) is 0 Å². The van der Waals surface area contributed by atoms with Gasteiger partial charge in [-0.15, -0.1) is 0 Å². The molecule has 23 heavy (non-hydrogen) atoms. The molecule has 0 aromatic heterocycles. The van der Waals surface area contributed by atoms with Crippen LogP contribution in [0.1, 0.15) is 79.6 Å². The van der Waals surface area contributed by atoms with Crippen LogP contribution in [0.15, 0.2) is 23.8 Å². The van der Waals surface area contributed by atoms with Gasteiger partial charge in [-0.05, 0) is 51.0 Å². The van der Waals surface area contributed by atoms with Crippen molar-refractivity contribution in [3.8, 4) is 0 Å². The van der Waals surface area contributed by atoms with E-state index in [4.69, 9.17) is 4.74 Å². The third-order valence-electron chi connectivity index (χ3n) is 4.63. The van der Waals surface area contributed by atoms with Gasteiger partial charge in [0.25, 0.3) is 0 Å². The van der Waals surface area contributed by atoms with Crippen LogP contribution in [0.3, 0.4) is 0 Å². The minimum atomic E-state index is -0.479. The van der Waals surface area contributed by atoms with E-state index in [1.54, 1.807) is 6.92 Å². The zero-order valence-corrected chi connectivity index (χ0v) is 15.7. The number of hydrogen-bond donors (Lipinski definition) is 1. The number of carbonyl (C=O) groups excluding carboxylic acids is 1. The first-order chi connectivity index (χ1) is 10.9. The van der Waals surface area contributed by atoms with Crippen LogP contribution in [0, 0.1) is 5.92 Å². The third kappa shape index (κ3) is 10.3. The summed E-state index contributed by atoms with van der Waals surface area (Å²) in [6.07, 6.45) is 12.6. The molecule has 0 aliphatic rings. The highest BCUT2D eigenvalue weighted by molar-refractivity contribution is 5.83. The van der Waals surface area contributed by atoms with Crippen LogP contribution in [0.25, 0.3) is 0 Å². The monoisotopic (exact) mass is 324 g/mol. The van der Waals surface area contributed by atoms with Gasteiger partial charge in [-0.25, -0.2) is 4.79 Å². The van der Waals surface area contributed by atoms with E-state index in [-0.39, 0.29) is 5.97 Å². The van der Waals surface area contributed by atoms with Crippen LogP contribution < -0.4 is 0 Å². The number of allylic oxidation sites excluding steroid dienone is 3. The maximum Gasteiger partial charge on any atom is 0.330 e. The van der Waals surface area contributed by atoms with Crippen molar-refractivity contribution in [2.24, 2.45) is 5.92 Å². The van der Waals surface area contributed by atoms with Crippen molar-refractivity contribution in [1.82, 2.24) is 0 Å². The molecule has 0 aromatic rings. The second kappa shape index (κ2) is 12.3. The lowest BCUT2D eigenvalue weighted by Crippen LogP contribution is -2.26. The molecule has 0 radical (unpaired) electrons. The second-order valence-electron chi connectivity index (χ2n) is 6.38. The average molecular weight is 325 g/mol. The van der Waals surface area contributed by atoms with Crippen molar-refractivity contribution in [2.45, 2.75) is 85.2 Å². The smallest absolute Gasteiger partial charge is 0.330 e. The largest absolute Gasteiger partial charge is 0.463 e. The Bertz CT molecular complexity index is 378. The molecule has 0 aliphatic heterocycles. The van der Waals surface area contributed by atoms with Crippen LogP contribution in [-0.4, -0.2) is 23.3 Å². The number of aliphatic hydroxyl groups is 1. The van der Waals surface area contributed by atoms with Crippen molar-refractivity contribution in [3.63, 3.8) is 0 Å². The lowest BCUT2D eigenvalue weighted by atomic mass is 9.87. The first-order valence-electron chi connectivity index (χ1n) is 9.14. The average Bonchev–Trinajstić information content (AvgIpc) is 2.53. The number of carbonyl (C=O) groups is 1. The molecule has 0 heterocycles. The normalized spacial score (nSPS) is 14.3. The summed E-state index contributed by atoms with van der Waals surface area (Å²) in [7, 11) is 0. The summed E-state index contributed by atoms with van der Waals surface area (Å²) in [6.45, 7) is 10.5. The third-order valence-corrected chi connectivity index (χ3v) is 4.63. The van der Waals surface area contributed by atoms with Gasteiger partial charge in [-0.3, -0.25) is 0 Å². The van der Waals surface area contributed by atoms with Gasteiger partial charge in [-0.1, -0.05) is 52.2 Å². The predicted octanol–water partition coefficient (Wildman–Crippen LogP) is 5.19. The summed E-state index contributed by atoms with van der Waals surface area (Å²) in [5, 5.41) is 10.3. The van der Waals surface area contributed by atoms with E-state index in [1.165, 1.54) is 6.08 Å². The zero-order valence-electron chi connectivity index (χ0n) is 15.7. The highest BCUT2D eigenvalue weighted by Crippen LogP contribution is 2.25. The summed E-state index contributed by atoms with van der Waals surface area (Å²) >= 11 is 0. The fourth-order valence-electron chi connectivity index (χ4n) is 2.68. The molecule has 134 valence electrons. The van der Waals surface area contributed by atoms with Gasteiger partial charge < -0.3 is 9.84 Å². The van der Waals surface area contributed by atoms with Crippen molar-refractivity contribution in [3.05, 3.63) is 23.8 Å². The summed E-state index contributed by atoms with van der Waals surface area (Å²) in [4.78, 5) is 11.3. The molecule has 3 nitrogen and oxygen atoms in total. The number of ether oxygens (including phenoxy) is 1. The maximum absolute atomic E-state index is 11.3. The summed E-state index contributed by atoms with van der Waals surface area (Å²) in [5.41, 5.74) is 0.442. The van der Waals surface area contributed by atoms with Crippen LogP contribution in [0.5, 0.6) is 0 Å². The van der Waals surface area contributed by atoms with E-state index in [1.807, 2.05) is 13.0 Å². The first-order valence-corrected chi connectivity index (χ1v) is 9.14. The standard InChI is InChI=1S/C20H36O3/c1-6-18(14-11-15-20(22,7-2)8-3)13-10-12-17(5)16-19(21)23-9-4/h10,12,16,18,22H,6-9,11,13-15H2,1-5H3/b12-10+,17-16+. The van der Waals surface area contributed by atoms with E-state index in [0.717, 1.165) is 50.5 Å². The Morgan fingerprint density at radius 1 is 1.22 bits per heavy atom. The molecule has 1 atom stereocenters. The second-order valence-corrected chi connectivity index (χ2v) is 6.38. The van der Waals surface area contributed by atoms with E-state index < -0.39 is 5.60 Å². The Morgan fingerprint density at radius 3 is 2.39 bits per heavy atom. The number of esters is 1. The van der Waals surface area contributed by atoms with Gasteiger partial charge >= 0.3 is 5.97 Å². The van der Waals surface area contributed by atoms with Crippen LogP contribution in [0.2, 0.25) is 0 Å². The molecule has 0 aromatic carbocycles. The number of rotatable bonds is 12. The minimum absolute atomic E-state index is 0.278. The molecule has 0 bridgehead atoms. The lowest BCUT2D eigenvalue weighted by molar-refractivity contribution is -0.137. The molecule has 1 N–H and O–H groups in total. The molecule has 0 aliphatic carbocycles. The molecule has 0 saturated carbocycles. The summed E-state index contributed by atoms with van der Waals surface area (Å²) < 4.78 is 4.89. The van der Waals surface area contributed by atoms with Gasteiger partial charge in [0.05, 0.1) is 12.2 Å². The Kier molecular flexibility index (Phi) is 11.8. The highest BCUT2D eigenvalue weighted by atomic mass is 16.5. The fourth-order valence-corrected chi connectivity index (χ4v) is 2.68. The highest BCUT2D eigenvalue weighted by Gasteiger charge is 2.21. The van der Waals surface area contributed by atoms with E-state index in [0.29, 0.717) is 12.5 Å². The Balaban J connectivity index is 4.24. The minimum Gasteiger partial charge on any atom is -0.463 e. The summed E-state index contributed by atoms with van der Waals surface area (Å²) in [5.74, 6) is 0.361. The molecule has 3 heteroatoms. The molecular weight excluding hydrogens is 288 g/mol. The van der Waals surface area contributed by atoms with E-state index >= 15 is 0 Å². The Hall–Kier alpha value is -1.09. The van der Waals surface area contributed by atoms with Crippen LogP contribution in [0.4, 0.5) is 0 Å². The van der Waals surface area contributed by atoms with Crippen molar-refractivity contribution >= 4 is 5.97 Å². The molecule has 1 unspecified atom stereocenters. The van der Waals surface area contributed by atoms with E-state index in [9.17, 15) is 9.90 Å². The topological polar surface area (TPSA) is 46.5 Å². The first kappa shape index (κ1) is 21.9. The van der Waals surface area contributed by atoms with Crippen molar-refractivity contribution in [2.75, 3.05) is 6.61 Å². The molecule has 0 saturated heterocycles. The molecule has 0 rings (SSSR count). The predicted molar refractivity (Wildman–Crippen MR) is 97.3 cm³/mol. The van der Waals surface area contributed by atoms with E-state index in [2.05, 4.69) is 26.8 Å². The number of hydrogen-bond acceptors (Lipinski definition) is 3. The van der Waals surface area contributed by atoms with Crippen molar-refractivity contribution < 1.29 is 14.6 Å². The molecule has 0 amide bonds. The quantitative estimate of drug-likeness (QED) is 0.305. The van der Waals surface area contributed by atoms with Gasteiger partial charge in [0, 0.05) is 6.08 Å². The lowest BCUT2D eigenvalue weighted by Gasteiger charge is -2.25. The SMILES string of the molecule is CCOC(=O)/C=C(C)/C=C/CC(CC)CCCC(O)(CC)CC. The maximum atomic E-state index is 11.3. The molecule has 0 spiro atoms. The van der Waals surface area contributed by atoms with Crippen LogP contribution >= 0.6 is 0 Å². The van der Waals surface area contributed by atoms with Gasteiger partial charge in [0.2, 0.25) is 0 Å². The van der Waals surface area contributed by atoms with Crippen molar-refractivity contribution in [1.29, 1.82) is 0 Å².